The first-order chi connectivity index (χ1) is 21.1. The first-order valence-electron chi connectivity index (χ1n) is 13.5. The lowest BCUT2D eigenvalue weighted by Gasteiger charge is -2.27. The van der Waals surface area contributed by atoms with Gasteiger partial charge < -0.3 is 18.5 Å². The highest BCUT2D eigenvalue weighted by atomic mass is 19.1. The zero-order valence-corrected chi connectivity index (χ0v) is 23.5. The summed E-state index contributed by atoms with van der Waals surface area (Å²) in [6.07, 6.45) is -0.135. The summed E-state index contributed by atoms with van der Waals surface area (Å²) < 4.78 is 63.3. The van der Waals surface area contributed by atoms with Crippen LogP contribution in [-0.2, 0) is 17.8 Å². The van der Waals surface area contributed by atoms with Gasteiger partial charge in [0.25, 0.3) is 5.89 Å². The number of H-pyrrole nitrogens is 1. The molecule has 224 valence electrons. The number of nitrogens with one attached hydrogen (secondary N) is 1. The fourth-order valence-electron chi connectivity index (χ4n) is 5.04. The van der Waals surface area contributed by atoms with E-state index in [1.165, 1.54) is 24.3 Å². The number of hydrogen-bond donors (Lipinski definition) is 1. The van der Waals surface area contributed by atoms with Crippen LogP contribution in [0.2, 0.25) is 0 Å². The van der Waals surface area contributed by atoms with Crippen molar-refractivity contribution >= 4 is 0 Å². The number of rotatable bonds is 8. The normalized spacial score (nSPS) is 15.8. The molecule has 0 spiro atoms. The number of nitrogens with zero attached hydrogens (tertiary/aromatic N) is 6. The van der Waals surface area contributed by atoms with Gasteiger partial charge in [-0.3, -0.25) is 0 Å². The summed E-state index contributed by atoms with van der Waals surface area (Å²) in [5.74, 6) is -2.39. The molecule has 0 saturated carbocycles. The first-order valence-corrected chi connectivity index (χ1v) is 13.5. The third-order valence-corrected chi connectivity index (χ3v) is 7.40. The summed E-state index contributed by atoms with van der Waals surface area (Å²) in [5, 5.41) is 23.3. The number of benzene rings is 2. The fraction of sp³-hybridized carbons (Fsp3) is 0.267. The molecule has 0 radical (unpaired) electrons. The van der Waals surface area contributed by atoms with Gasteiger partial charge in [-0.25, -0.2) is 28.0 Å². The van der Waals surface area contributed by atoms with Gasteiger partial charge in [0.2, 0.25) is 11.7 Å². The molecular formula is C30H24F3N7O4. The minimum absolute atomic E-state index is 0.00958. The maximum atomic E-state index is 15.5. The van der Waals surface area contributed by atoms with E-state index >= 15 is 8.78 Å². The number of halogens is 3. The smallest absolute Gasteiger partial charge is 0.434 e. The Morgan fingerprint density at radius 3 is 2.61 bits per heavy atom. The van der Waals surface area contributed by atoms with Crippen LogP contribution < -0.4 is 10.5 Å². The minimum atomic E-state index is -0.772. The highest BCUT2D eigenvalue weighted by Crippen LogP contribution is 2.40. The van der Waals surface area contributed by atoms with Gasteiger partial charge in [-0.05, 0) is 35.9 Å². The van der Waals surface area contributed by atoms with Gasteiger partial charge in [0.05, 0.1) is 36.6 Å². The molecule has 14 heteroatoms. The molecule has 1 aliphatic heterocycles. The topological polar surface area (TPSA) is 145 Å². The second kappa shape index (κ2) is 11.4. The van der Waals surface area contributed by atoms with E-state index in [0.29, 0.717) is 19.0 Å². The number of aromatic amines is 1. The molecule has 1 saturated heterocycles. The largest absolute Gasteiger partial charge is 0.473 e. The predicted octanol–water partition coefficient (Wildman–Crippen LogP) is 4.74. The molecule has 4 heterocycles. The summed E-state index contributed by atoms with van der Waals surface area (Å²) in [6, 6.07) is 12.2. The van der Waals surface area contributed by atoms with Crippen LogP contribution in [0.1, 0.15) is 42.4 Å². The molecule has 1 atom stereocenters. The monoisotopic (exact) mass is 603 g/mol. The van der Waals surface area contributed by atoms with Crippen LogP contribution in [0.5, 0.6) is 5.88 Å². The fourth-order valence-corrected chi connectivity index (χ4v) is 5.04. The third-order valence-electron chi connectivity index (χ3n) is 7.40. The van der Waals surface area contributed by atoms with Gasteiger partial charge in [-0.2, -0.15) is 5.26 Å². The van der Waals surface area contributed by atoms with E-state index in [1.807, 2.05) is 19.9 Å². The first kappa shape index (κ1) is 28.8. The van der Waals surface area contributed by atoms with Gasteiger partial charge in [-0.15, -0.1) is 15.3 Å². The molecular weight excluding hydrogens is 579 g/mol. The lowest BCUT2D eigenvalue weighted by atomic mass is 9.87. The summed E-state index contributed by atoms with van der Waals surface area (Å²) >= 11 is 0. The van der Waals surface area contributed by atoms with Crippen molar-refractivity contribution in [1.82, 2.24) is 29.9 Å². The molecule has 2 aromatic carbocycles. The maximum absolute atomic E-state index is 15.5. The highest BCUT2D eigenvalue weighted by Gasteiger charge is 2.40. The van der Waals surface area contributed by atoms with Crippen LogP contribution in [0.3, 0.4) is 0 Å². The Morgan fingerprint density at radius 2 is 1.91 bits per heavy atom. The third kappa shape index (κ3) is 5.57. The summed E-state index contributed by atoms with van der Waals surface area (Å²) in [4.78, 5) is 15.9. The molecule has 3 aromatic heterocycles. The molecule has 1 aliphatic rings. The summed E-state index contributed by atoms with van der Waals surface area (Å²) in [7, 11) is 0. The van der Waals surface area contributed by atoms with Crippen molar-refractivity contribution in [3.63, 3.8) is 0 Å². The standard InChI is InChI=1S/C30H24F3N7O4/c1-30(2)15-42-14-24(30)40-25(36-37-27(40)28-38-39-29(41)44-28)10-18-9-22(33)19(11-21(18)32)23-4-3-5-26(35-23)43-13-17-7-6-16(12-34)8-20(17)31/h3-9,11,24H,10,13-15H2,1-2H3,(H,39,41)/t24-/m0/s1. The van der Waals surface area contributed by atoms with Gasteiger partial charge in [0, 0.05) is 29.0 Å². The number of pyridine rings is 1. The predicted molar refractivity (Wildman–Crippen MR) is 148 cm³/mol. The van der Waals surface area contributed by atoms with E-state index in [4.69, 9.17) is 19.2 Å². The lowest BCUT2D eigenvalue weighted by Crippen LogP contribution is -2.27. The number of ether oxygens (including phenoxy) is 2. The van der Waals surface area contributed by atoms with Crippen molar-refractivity contribution in [1.29, 1.82) is 5.26 Å². The molecule has 0 bridgehead atoms. The van der Waals surface area contributed by atoms with E-state index < -0.39 is 23.2 Å². The Kier molecular flexibility index (Phi) is 7.48. The van der Waals surface area contributed by atoms with Crippen LogP contribution in [-0.4, -0.2) is 43.2 Å². The average molecular weight is 604 g/mol. The Morgan fingerprint density at radius 1 is 1.09 bits per heavy atom. The maximum Gasteiger partial charge on any atom is 0.434 e. The number of hydrogen-bond acceptors (Lipinski definition) is 9. The molecule has 6 rings (SSSR count). The molecule has 0 aliphatic carbocycles. The van der Waals surface area contributed by atoms with Crippen molar-refractivity contribution in [2.45, 2.75) is 32.9 Å². The quantitative estimate of drug-likeness (QED) is 0.266. The van der Waals surface area contributed by atoms with Crippen LogP contribution in [0.4, 0.5) is 13.2 Å². The van der Waals surface area contributed by atoms with E-state index in [0.717, 1.165) is 18.2 Å². The summed E-state index contributed by atoms with van der Waals surface area (Å²) in [5.41, 5.74) is 0.0176. The Balaban J connectivity index is 1.27. The van der Waals surface area contributed by atoms with Crippen LogP contribution in [0.25, 0.3) is 23.0 Å². The van der Waals surface area contributed by atoms with E-state index in [1.54, 1.807) is 10.6 Å². The van der Waals surface area contributed by atoms with Gasteiger partial charge in [0.15, 0.2) is 0 Å². The Bertz CT molecular complexity index is 1960. The molecule has 11 nitrogen and oxygen atoms in total. The van der Waals surface area contributed by atoms with Gasteiger partial charge in [0.1, 0.15) is 29.9 Å². The van der Waals surface area contributed by atoms with E-state index in [2.05, 4.69) is 25.4 Å². The van der Waals surface area contributed by atoms with Gasteiger partial charge >= 0.3 is 5.76 Å². The van der Waals surface area contributed by atoms with Crippen LogP contribution >= 0.6 is 0 Å². The average Bonchev–Trinajstić information content (AvgIpc) is 3.71. The van der Waals surface area contributed by atoms with Crippen molar-refractivity contribution in [2.24, 2.45) is 5.41 Å². The van der Waals surface area contributed by atoms with E-state index in [9.17, 15) is 9.18 Å². The number of nitriles is 1. The van der Waals surface area contributed by atoms with Crippen LogP contribution in [0, 0.1) is 34.2 Å². The second-order valence-electron chi connectivity index (χ2n) is 10.9. The van der Waals surface area contributed by atoms with E-state index in [-0.39, 0.29) is 70.0 Å². The van der Waals surface area contributed by atoms with Crippen LogP contribution in [0.15, 0.2) is 57.7 Å². The molecule has 1 fully saturated rings. The molecule has 0 amide bonds. The SMILES string of the molecule is CC1(C)COC[C@@H]1n1c(Cc2cc(F)c(-c3cccc(OCc4ccc(C#N)cc4F)n3)cc2F)nnc1-c1n[nH]c(=O)o1. The summed E-state index contributed by atoms with van der Waals surface area (Å²) in [6.45, 7) is 4.53. The minimum Gasteiger partial charge on any atom is -0.473 e. The van der Waals surface area contributed by atoms with Crippen molar-refractivity contribution < 1.29 is 27.1 Å². The zero-order valence-electron chi connectivity index (χ0n) is 23.5. The highest BCUT2D eigenvalue weighted by molar-refractivity contribution is 5.61. The van der Waals surface area contributed by atoms with Crippen molar-refractivity contribution in [2.75, 3.05) is 13.2 Å². The Hall–Kier alpha value is -5.29. The molecule has 44 heavy (non-hydrogen) atoms. The Labute approximate surface area is 247 Å². The number of aromatic nitrogens is 6. The molecule has 1 N–H and O–H groups in total. The molecule has 0 unspecified atom stereocenters. The lowest BCUT2D eigenvalue weighted by molar-refractivity contribution is 0.166. The zero-order chi connectivity index (χ0) is 31.0. The van der Waals surface area contributed by atoms with Crippen molar-refractivity contribution in [3.05, 3.63) is 99.0 Å². The van der Waals surface area contributed by atoms with Crippen molar-refractivity contribution in [3.8, 4) is 34.9 Å². The van der Waals surface area contributed by atoms with Gasteiger partial charge in [-0.1, -0.05) is 26.0 Å². The molecule has 5 aromatic rings. The second-order valence-corrected chi connectivity index (χ2v) is 10.9.